The topological polar surface area (TPSA) is 55.2 Å². The molecule has 95 valence electrons. The van der Waals surface area contributed by atoms with Gasteiger partial charge >= 0.3 is 0 Å². The van der Waals surface area contributed by atoms with Gasteiger partial charge in [0, 0.05) is 62.6 Å². The summed E-state index contributed by atoms with van der Waals surface area (Å²) in [6.45, 7) is 0. The molecule has 0 saturated heterocycles. The maximum atomic E-state index is 10.8. The van der Waals surface area contributed by atoms with E-state index in [9.17, 15) is 10.1 Å². The van der Waals surface area contributed by atoms with Crippen LogP contribution in [0.3, 0.4) is 0 Å². The molecule has 2 fully saturated rings. The first-order chi connectivity index (χ1) is 7.75. The van der Waals surface area contributed by atoms with Crippen LogP contribution in [0.4, 0.5) is 0 Å². The molecule has 17 heavy (non-hydrogen) atoms. The van der Waals surface area contributed by atoms with E-state index in [1.165, 1.54) is 25.7 Å². The molecule has 2 atom stereocenters. The smallest absolute Gasteiger partial charge is 0.214 e. The molecule has 5 heteroatoms. The second-order valence-corrected chi connectivity index (χ2v) is 5.11. The molecule has 2 aliphatic rings. The molecule has 0 spiro atoms. The molecule has 2 unspecified atom stereocenters. The average molecular weight is 314 g/mol. The van der Waals surface area contributed by atoms with Crippen molar-refractivity contribution in [2.45, 2.75) is 69.5 Å². The first-order valence-corrected chi connectivity index (χ1v) is 6.47. The minimum atomic E-state index is -0.304. The van der Waals surface area contributed by atoms with E-state index in [2.05, 4.69) is 11.7 Å². The number of hydrogen-bond donors (Lipinski definition) is 1. The molecule has 0 heterocycles. The summed E-state index contributed by atoms with van der Waals surface area (Å²) >= 11 is 0. The van der Waals surface area contributed by atoms with Crippen molar-refractivity contribution in [2.24, 2.45) is 0 Å². The average Bonchev–Trinajstić information content (AvgIpc) is 2.30. The Balaban J connectivity index is 0.00000144. The fourth-order valence-corrected chi connectivity index (χ4v) is 2.93. The van der Waals surface area contributed by atoms with Crippen LogP contribution in [0.5, 0.6) is 0 Å². The van der Waals surface area contributed by atoms with Crippen molar-refractivity contribution in [2.75, 3.05) is 0 Å². The van der Waals surface area contributed by atoms with Gasteiger partial charge < -0.3 is 11.7 Å². The van der Waals surface area contributed by atoms with Gasteiger partial charge in [-0.05, 0) is 12.8 Å². The van der Waals surface area contributed by atoms with Crippen LogP contribution in [0.1, 0.15) is 51.4 Å². The quantitative estimate of drug-likeness (QED) is 0.494. The van der Waals surface area contributed by atoms with Crippen LogP contribution in [-0.4, -0.2) is 23.0 Å². The molecule has 0 aromatic carbocycles. The zero-order valence-electron chi connectivity index (χ0n) is 10.3. The summed E-state index contributed by atoms with van der Waals surface area (Å²) in [5.41, 5.74) is 0. The molecule has 0 aromatic rings. The number of hydrogen-bond acceptors (Lipinski definition) is 3. The van der Waals surface area contributed by atoms with E-state index in [1.807, 2.05) is 0 Å². The summed E-state index contributed by atoms with van der Waals surface area (Å²) < 4.78 is 0. The molecule has 1 N–H and O–H groups in total. The van der Waals surface area contributed by atoms with E-state index in [4.69, 9.17) is 0 Å². The monoisotopic (exact) mass is 314 g/mol. The molecule has 0 aromatic heterocycles. The van der Waals surface area contributed by atoms with Gasteiger partial charge in [-0.3, -0.25) is 10.1 Å². The van der Waals surface area contributed by atoms with Crippen molar-refractivity contribution >= 4 is 0 Å². The third kappa shape index (κ3) is 4.92. The Morgan fingerprint density at radius 3 is 2.47 bits per heavy atom. The minimum absolute atomic E-state index is 0. The summed E-state index contributed by atoms with van der Waals surface area (Å²) in [5, 5.41) is 14.4. The van der Waals surface area contributed by atoms with Gasteiger partial charge in [-0.25, -0.2) is 0 Å². The minimum Gasteiger partial charge on any atom is -0.328 e. The first-order valence-electron chi connectivity index (χ1n) is 6.47. The maximum Gasteiger partial charge on any atom is 0.214 e. The first kappa shape index (κ1) is 15.5. The third-order valence-corrected chi connectivity index (χ3v) is 3.85. The fourth-order valence-electron chi connectivity index (χ4n) is 2.93. The molecular weight excluding hydrogens is 293 g/mol. The Morgan fingerprint density at radius 2 is 1.82 bits per heavy atom. The van der Waals surface area contributed by atoms with Gasteiger partial charge in [0.05, 0.1) is 0 Å². The van der Waals surface area contributed by atoms with Gasteiger partial charge in [-0.15, -0.1) is 0 Å². The molecule has 1 radical (unpaired) electrons. The van der Waals surface area contributed by atoms with Crippen molar-refractivity contribution in [1.29, 1.82) is 0 Å². The Hall–Kier alpha value is 0.464. The standard InChI is InChI=1S/C12H21N2O2.Y/c15-14(16)12-8-4-7-11(9-12)13-10-5-2-1-3-6-10;/h1,10-13H,2-9H2;/q-1;. The van der Waals surface area contributed by atoms with E-state index in [0.29, 0.717) is 12.1 Å². The Kier molecular flexibility index (Phi) is 7.12. The summed E-state index contributed by atoms with van der Waals surface area (Å²) in [4.78, 5) is 10.7. The summed E-state index contributed by atoms with van der Waals surface area (Å²) in [6.07, 6.45) is 10.8. The molecule has 0 aliphatic heterocycles. The Bertz CT molecular complexity index is 245. The van der Waals surface area contributed by atoms with Gasteiger partial charge in [-0.1, -0.05) is 12.8 Å². The molecule has 2 aliphatic carbocycles. The van der Waals surface area contributed by atoms with Crippen LogP contribution >= 0.6 is 0 Å². The normalized spacial score (nSPS) is 30.6. The van der Waals surface area contributed by atoms with Gasteiger partial charge in [0.1, 0.15) is 0 Å². The van der Waals surface area contributed by atoms with E-state index in [1.54, 1.807) is 0 Å². The van der Waals surface area contributed by atoms with Gasteiger partial charge in [0.15, 0.2) is 0 Å². The van der Waals surface area contributed by atoms with Crippen molar-refractivity contribution in [3.05, 3.63) is 16.5 Å². The van der Waals surface area contributed by atoms with Crippen molar-refractivity contribution in [3.63, 3.8) is 0 Å². The summed E-state index contributed by atoms with van der Waals surface area (Å²) in [6, 6.07) is 0.675. The second kappa shape index (κ2) is 7.80. The third-order valence-electron chi connectivity index (χ3n) is 3.85. The number of rotatable bonds is 3. The van der Waals surface area contributed by atoms with Gasteiger partial charge in [0.2, 0.25) is 6.04 Å². The van der Waals surface area contributed by atoms with Crippen LogP contribution < -0.4 is 5.32 Å². The van der Waals surface area contributed by atoms with Crippen LogP contribution in [0.15, 0.2) is 0 Å². The predicted octanol–water partition coefficient (Wildman–Crippen LogP) is 2.31. The van der Waals surface area contributed by atoms with Crippen molar-refractivity contribution in [1.82, 2.24) is 5.32 Å². The van der Waals surface area contributed by atoms with E-state index in [0.717, 1.165) is 25.7 Å². The van der Waals surface area contributed by atoms with Crippen molar-refractivity contribution < 1.29 is 37.6 Å². The molecular formula is C12H21N2O2Y-. The van der Waals surface area contributed by atoms with Crippen molar-refractivity contribution in [3.8, 4) is 0 Å². The molecule has 4 nitrogen and oxygen atoms in total. The van der Waals surface area contributed by atoms with Gasteiger partial charge in [-0.2, -0.15) is 12.8 Å². The van der Waals surface area contributed by atoms with Crippen LogP contribution in [0.2, 0.25) is 0 Å². The largest absolute Gasteiger partial charge is 0.328 e. The molecule has 2 saturated carbocycles. The predicted molar refractivity (Wildman–Crippen MR) is 62.7 cm³/mol. The molecule has 0 bridgehead atoms. The number of nitro groups is 1. The second-order valence-electron chi connectivity index (χ2n) is 5.11. The van der Waals surface area contributed by atoms with E-state index in [-0.39, 0.29) is 43.7 Å². The molecule has 0 amide bonds. The SMILES string of the molecule is O=[N+]([O-])C1CCCC(NC2CC[CH-]CC2)C1.[Y]. The molecule has 2 rings (SSSR count). The Morgan fingerprint density at radius 1 is 1.12 bits per heavy atom. The Labute approximate surface area is 128 Å². The van der Waals surface area contributed by atoms with Crippen LogP contribution in [0.25, 0.3) is 0 Å². The summed E-state index contributed by atoms with van der Waals surface area (Å²) in [7, 11) is 0. The van der Waals surface area contributed by atoms with Crippen LogP contribution in [0, 0.1) is 16.5 Å². The van der Waals surface area contributed by atoms with Crippen LogP contribution in [-0.2, 0) is 32.7 Å². The zero-order valence-corrected chi connectivity index (χ0v) is 13.1. The number of nitrogens with zero attached hydrogens (tertiary/aromatic N) is 1. The maximum absolute atomic E-state index is 10.8. The zero-order chi connectivity index (χ0) is 11.4. The fraction of sp³-hybridized carbons (Fsp3) is 0.917. The summed E-state index contributed by atoms with van der Waals surface area (Å²) in [5.74, 6) is 0. The van der Waals surface area contributed by atoms with E-state index >= 15 is 0 Å². The number of nitrogens with one attached hydrogen (secondary N) is 1. The van der Waals surface area contributed by atoms with Gasteiger partial charge in [0.25, 0.3) is 0 Å². The van der Waals surface area contributed by atoms with E-state index < -0.39 is 0 Å².